The van der Waals surface area contributed by atoms with Crippen molar-refractivity contribution in [3.05, 3.63) is 77.7 Å². The fourth-order valence-electron chi connectivity index (χ4n) is 2.23. The Balaban J connectivity index is 1.86. The van der Waals surface area contributed by atoms with E-state index >= 15 is 0 Å². The molecule has 0 aliphatic carbocycles. The zero-order valence-electron chi connectivity index (χ0n) is 13.6. The minimum absolute atomic E-state index is 0.148. The van der Waals surface area contributed by atoms with Crippen molar-refractivity contribution in [2.45, 2.75) is 0 Å². The Labute approximate surface area is 145 Å². The van der Waals surface area contributed by atoms with Gasteiger partial charge in [-0.15, -0.1) is 0 Å². The second-order valence-corrected chi connectivity index (χ2v) is 5.22. The van der Waals surface area contributed by atoms with E-state index in [9.17, 15) is 4.79 Å². The summed E-state index contributed by atoms with van der Waals surface area (Å²) in [6.07, 6.45) is 5.05. The van der Waals surface area contributed by atoms with Gasteiger partial charge in [-0.3, -0.25) is 4.98 Å². The van der Waals surface area contributed by atoms with E-state index < -0.39 is 5.97 Å². The number of nitrogens with two attached hydrogens (primary N) is 1. The molecule has 0 saturated heterocycles. The van der Waals surface area contributed by atoms with Gasteiger partial charge in [0.1, 0.15) is 11.4 Å². The van der Waals surface area contributed by atoms with E-state index in [4.69, 9.17) is 10.5 Å². The molecule has 0 fully saturated rings. The summed E-state index contributed by atoms with van der Waals surface area (Å²) in [5.41, 5.74) is 9.40. The summed E-state index contributed by atoms with van der Waals surface area (Å²) in [7, 11) is 1.31. The molecule has 0 aliphatic rings. The van der Waals surface area contributed by atoms with Crippen LogP contribution in [0.15, 0.2) is 61.1 Å². The van der Waals surface area contributed by atoms with Gasteiger partial charge in [-0.2, -0.15) is 0 Å². The molecular weight excluding hydrogens is 314 g/mol. The van der Waals surface area contributed by atoms with Crippen molar-refractivity contribution in [3.8, 4) is 23.0 Å². The molecule has 3 aromatic rings. The highest BCUT2D eigenvalue weighted by atomic mass is 16.5. The molecule has 0 aliphatic heterocycles. The lowest BCUT2D eigenvalue weighted by molar-refractivity contribution is 0.0601. The van der Waals surface area contributed by atoms with Crippen molar-refractivity contribution in [1.29, 1.82) is 0 Å². The maximum atomic E-state index is 11.7. The summed E-state index contributed by atoms with van der Waals surface area (Å²) in [5, 5.41) is 0. The number of esters is 1. The lowest BCUT2D eigenvalue weighted by atomic mass is 10.0. The maximum absolute atomic E-state index is 11.7. The number of nitrogen functional groups attached to an aromatic ring is 1. The summed E-state index contributed by atoms with van der Waals surface area (Å²) >= 11 is 0. The van der Waals surface area contributed by atoms with E-state index in [-0.39, 0.29) is 11.4 Å². The van der Waals surface area contributed by atoms with Crippen LogP contribution < -0.4 is 5.73 Å². The molecule has 0 spiro atoms. The number of anilines is 1. The number of benzene rings is 1. The van der Waals surface area contributed by atoms with E-state index in [1.54, 1.807) is 24.7 Å². The van der Waals surface area contributed by atoms with Crippen molar-refractivity contribution in [2.75, 3.05) is 12.8 Å². The summed E-state index contributed by atoms with van der Waals surface area (Å²) in [4.78, 5) is 19.8. The Kier molecular flexibility index (Phi) is 4.72. The summed E-state index contributed by atoms with van der Waals surface area (Å²) < 4.78 is 4.72. The fraction of sp³-hybridized carbons (Fsp3) is 0.0500. The van der Waals surface area contributed by atoms with Crippen LogP contribution >= 0.6 is 0 Å². The second kappa shape index (κ2) is 7.28. The largest absolute Gasteiger partial charge is 0.465 e. The van der Waals surface area contributed by atoms with Crippen LogP contribution in [0, 0.1) is 11.8 Å². The number of ether oxygens (including phenoxy) is 1. The van der Waals surface area contributed by atoms with Gasteiger partial charge in [0.25, 0.3) is 0 Å². The van der Waals surface area contributed by atoms with Crippen LogP contribution in [-0.2, 0) is 4.74 Å². The predicted octanol–water partition coefficient (Wildman–Crippen LogP) is 2.91. The van der Waals surface area contributed by atoms with Crippen molar-refractivity contribution in [2.24, 2.45) is 0 Å². The Bertz CT molecular complexity index is 956. The van der Waals surface area contributed by atoms with Gasteiger partial charge in [-0.1, -0.05) is 24.0 Å². The van der Waals surface area contributed by atoms with Gasteiger partial charge in [0, 0.05) is 35.3 Å². The van der Waals surface area contributed by atoms with Crippen molar-refractivity contribution >= 4 is 11.8 Å². The first-order valence-corrected chi connectivity index (χ1v) is 7.53. The Morgan fingerprint density at radius 2 is 1.80 bits per heavy atom. The quantitative estimate of drug-likeness (QED) is 0.578. The lowest BCUT2D eigenvalue weighted by Crippen LogP contribution is -2.07. The highest BCUT2D eigenvalue weighted by molar-refractivity contribution is 5.95. The number of methoxy groups -OCH3 is 1. The second-order valence-electron chi connectivity index (χ2n) is 5.22. The molecule has 0 radical (unpaired) electrons. The maximum Gasteiger partial charge on any atom is 0.341 e. The highest BCUT2D eigenvalue weighted by Crippen LogP contribution is 2.23. The predicted molar refractivity (Wildman–Crippen MR) is 95.6 cm³/mol. The first-order chi connectivity index (χ1) is 12.2. The van der Waals surface area contributed by atoms with Crippen LogP contribution in [-0.4, -0.2) is 23.0 Å². The Morgan fingerprint density at radius 1 is 1.04 bits per heavy atom. The third kappa shape index (κ3) is 3.82. The Hall–Kier alpha value is -3.65. The third-order valence-electron chi connectivity index (χ3n) is 3.55. The highest BCUT2D eigenvalue weighted by Gasteiger charge is 2.12. The van der Waals surface area contributed by atoms with E-state index in [2.05, 4.69) is 21.8 Å². The summed E-state index contributed by atoms with van der Waals surface area (Å²) in [6.45, 7) is 0. The SMILES string of the molecule is COC(=O)c1cc(-c2ccc(C#Cc3cccnc3)cc2)cnc1N. The molecule has 2 heterocycles. The molecule has 0 bridgehead atoms. The van der Waals surface area contributed by atoms with Gasteiger partial charge in [0.2, 0.25) is 0 Å². The number of carbonyl (C=O) groups excluding carboxylic acids is 1. The van der Waals surface area contributed by atoms with Gasteiger partial charge in [-0.05, 0) is 35.9 Å². The monoisotopic (exact) mass is 329 g/mol. The zero-order chi connectivity index (χ0) is 17.6. The van der Waals surface area contributed by atoms with E-state index in [0.717, 1.165) is 22.3 Å². The minimum Gasteiger partial charge on any atom is -0.465 e. The van der Waals surface area contributed by atoms with Crippen molar-refractivity contribution in [1.82, 2.24) is 9.97 Å². The van der Waals surface area contributed by atoms with Gasteiger partial charge < -0.3 is 10.5 Å². The standard InChI is InChI=1S/C20H15N3O2/c1-25-20(24)18-11-17(13-23-19(18)21)16-8-6-14(7-9-16)4-5-15-3-2-10-22-12-15/h2-3,6-13H,1H3,(H2,21,23). The average molecular weight is 329 g/mol. The van der Waals surface area contributed by atoms with Crippen LogP contribution in [0.5, 0.6) is 0 Å². The molecule has 3 rings (SSSR count). The molecule has 0 unspecified atom stereocenters. The van der Waals surface area contributed by atoms with Gasteiger partial charge >= 0.3 is 5.97 Å². The van der Waals surface area contributed by atoms with Gasteiger partial charge in [0.15, 0.2) is 0 Å². The van der Waals surface area contributed by atoms with Crippen LogP contribution in [0.1, 0.15) is 21.5 Å². The lowest BCUT2D eigenvalue weighted by Gasteiger charge is -2.06. The molecule has 2 N–H and O–H groups in total. The molecule has 122 valence electrons. The molecular formula is C20H15N3O2. The molecule has 25 heavy (non-hydrogen) atoms. The van der Waals surface area contributed by atoms with Crippen molar-refractivity contribution < 1.29 is 9.53 Å². The molecule has 0 amide bonds. The topological polar surface area (TPSA) is 78.1 Å². The van der Waals surface area contributed by atoms with Crippen LogP contribution in [0.2, 0.25) is 0 Å². The summed E-state index contributed by atoms with van der Waals surface area (Å²) in [6, 6.07) is 13.1. The number of nitrogens with zero attached hydrogens (tertiary/aromatic N) is 2. The van der Waals surface area contributed by atoms with Crippen LogP contribution in [0.4, 0.5) is 5.82 Å². The molecule has 5 nitrogen and oxygen atoms in total. The Morgan fingerprint density at radius 3 is 2.48 bits per heavy atom. The first kappa shape index (κ1) is 16.2. The van der Waals surface area contributed by atoms with Gasteiger partial charge in [-0.25, -0.2) is 9.78 Å². The van der Waals surface area contributed by atoms with Crippen LogP contribution in [0.25, 0.3) is 11.1 Å². The number of hydrogen-bond donors (Lipinski definition) is 1. The number of carbonyl (C=O) groups is 1. The summed E-state index contributed by atoms with van der Waals surface area (Å²) in [5.74, 6) is 5.78. The number of rotatable bonds is 2. The van der Waals surface area contributed by atoms with E-state index in [0.29, 0.717) is 0 Å². The molecule has 0 atom stereocenters. The fourth-order valence-corrected chi connectivity index (χ4v) is 2.23. The van der Waals surface area contributed by atoms with E-state index in [1.807, 2.05) is 36.4 Å². The number of pyridine rings is 2. The smallest absolute Gasteiger partial charge is 0.341 e. The van der Waals surface area contributed by atoms with Crippen molar-refractivity contribution in [3.63, 3.8) is 0 Å². The normalized spacial score (nSPS) is 9.80. The average Bonchev–Trinajstić information content (AvgIpc) is 2.67. The first-order valence-electron chi connectivity index (χ1n) is 7.53. The van der Waals surface area contributed by atoms with Gasteiger partial charge in [0.05, 0.1) is 7.11 Å². The molecule has 2 aromatic heterocycles. The molecule has 1 aromatic carbocycles. The minimum atomic E-state index is -0.509. The number of aromatic nitrogens is 2. The molecule has 0 saturated carbocycles. The third-order valence-corrected chi connectivity index (χ3v) is 3.55. The molecule has 5 heteroatoms. The van der Waals surface area contributed by atoms with Crippen LogP contribution in [0.3, 0.4) is 0 Å². The number of hydrogen-bond acceptors (Lipinski definition) is 5. The zero-order valence-corrected chi connectivity index (χ0v) is 13.6. The van der Waals surface area contributed by atoms with E-state index in [1.165, 1.54) is 7.11 Å².